The third-order valence-electron chi connectivity index (χ3n) is 4.26. The third-order valence-corrected chi connectivity index (χ3v) is 4.26. The van der Waals surface area contributed by atoms with Crippen LogP contribution in [0.3, 0.4) is 0 Å². The van der Waals surface area contributed by atoms with Crippen molar-refractivity contribution in [3.8, 4) is 5.75 Å². The number of carbonyl (C=O) groups excluding carboxylic acids is 1. The fourth-order valence-corrected chi connectivity index (χ4v) is 3.19. The first-order valence-electron chi connectivity index (χ1n) is 8.50. The summed E-state index contributed by atoms with van der Waals surface area (Å²) in [5, 5.41) is 4.20. The van der Waals surface area contributed by atoms with Crippen LogP contribution in [0.1, 0.15) is 25.0 Å². The number of amides is 1. The van der Waals surface area contributed by atoms with Gasteiger partial charge in [0.15, 0.2) is 0 Å². The largest absolute Gasteiger partial charge is 0.492 e. The number of carbonyl (C=O) groups is 1. The average molecular weight is 327 g/mol. The van der Waals surface area contributed by atoms with Gasteiger partial charge in [-0.3, -0.25) is 9.48 Å². The molecule has 5 nitrogen and oxygen atoms in total. The molecule has 1 aliphatic rings. The Morgan fingerprint density at radius 2 is 2.21 bits per heavy atom. The predicted octanol–water partition coefficient (Wildman–Crippen LogP) is 2.66. The first-order valence-corrected chi connectivity index (χ1v) is 8.50. The molecule has 0 fully saturated rings. The van der Waals surface area contributed by atoms with Gasteiger partial charge in [0.2, 0.25) is 5.91 Å². The van der Waals surface area contributed by atoms with E-state index < -0.39 is 0 Å². The zero-order valence-electron chi connectivity index (χ0n) is 14.6. The fraction of sp³-hybridized carbons (Fsp3) is 0.474. The van der Waals surface area contributed by atoms with Crippen LogP contribution in [0.15, 0.2) is 36.7 Å². The standard InChI is InChI=1S/C19H25N3O2/c1-14(2)10-22(12-15-9-20-21(3)11-15)19(23)17-8-16-6-4-5-7-18(16)24-13-17/h4-7,9,11,14,17H,8,10,12-13H2,1-3H3. The van der Waals surface area contributed by atoms with Crippen LogP contribution < -0.4 is 4.74 Å². The van der Waals surface area contributed by atoms with Crippen LogP contribution in [-0.4, -0.2) is 33.7 Å². The lowest BCUT2D eigenvalue weighted by Gasteiger charge is -2.31. The molecular formula is C19H25N3O2. The van der Waals surface area contributed by atoms with Crippen molar-refractivity contribution < 1.29 is 9.53 Å². The van der Waals surface area contributed by atoms with Gasteiger partial charge in [0.05, 0.1) is 12.1 Å². The second-order valence-electron chi connectivity index (χ2n) is 6.95. The lowest BCUT2D eigenvalue weighted by atomic mass is 9.95. The van der Waals surface area contributed by atoms with Gasteiger partial charge in [-0.1, -0.05) is 32.0 Å². The van der Waals surface area contributed by atoms with Gasteiger partial charge in [0, 0.05) is 31.9 Å². The summed E-state index contributed by atoms with van der Waals surface area (Å²) in [5.74, 6) is 1.38. The van der Waals surface area contributed by atoms with Gasteiger partial charge in [-0.05, 0) is 24.0 Å². The van der Waals surface area contributed by atoms with Crippen LogP contribution in [-0.2, 0) is 24.8 Å². The van der Waals surface area contributed by atoms with Crippen LogP contribution in [0.25, 0.3) is 0 Å². The molecule has 1 amide bonds. The number of ether oxygens (including phenoxy) is 1. The van der Waals surface area contributed by atoms with E-state index in [2.05, 4.69) is 18.9 Å². The van der Waals surface area contributed by atoms with E-state index in [0.717, 1.165) is 29.8 Å². The number of benzene rings is 1. The van der Waals surface area contributed by atoms with Crippen LogP contribution in [0.5, 0.6) is 5.75 Å². The van der Waals surface area contributed by atoms with Crippen molar-refractivity contribution in [1.82, 2.24) is 14.7 Å². The number of hydrogen-bond donors (Lipinski definition) is 0. The van der Waals surface area contributed by atoms with Gasteiger partial charge in [0.25, 0.3) is 0 Å². The molecule has 2 heterocycles. The molecule has 0 bridgehead atoms. The van der Waals surface area contributed by atoms with Gasteiger partial charge in [0.1, 0.15) is 12.4 Å². The molecule has 24 heavy (non-hydrogen) atoms. The number of aryl methyl sites for hydroxylation is 1. The molecule has 3 rings (SSSR count). The van der Waals surface area contributed by atoms with E-state index >= 15 is 0 Å². The Kier molecular flexibility index (Phi) is 4.88. The van der Waals surface area contributed by atoms with E-state index in [1.807, 2.05) is 48.6 Å². The smallest absolute Gasteiger partial charge is 0.229 e. The predicted molar refractivity (Wildman–Crippen MR) is 92.6 cm³/mol. The van der Waals surface area contributed by atoms with Crippen molar-refractivity contribution in [3.05, 3.63) is 47.8 Å². The van der Waals surface area contributed by atoms with Crippen molar-refractivity contribution in [1.29, 1.82) is 0 Å². The van der Waals surface area contributed by atoms with Crippen molar-refractivity contribution in [2.45, 2.75) is 26.8 Å². The van der Waals surface area contributed by atoms with E-state index in [1.165, 1.54) is 0 Å². The van der Waals surface area contributed by atoms with Crippen LogP contribution in [0, 0.1) is 11.8 Å². The monoisotopic (exact) mass is 327 g/mol. The Labute approximate surface area is 143 Å². The molecule has 1 aromatic carbocycles. The molecule has 0 saturated heterocycles. The molecular weight excluding hydrogens is 302 g/mol. The minimum atomic E-state index is -0.115. The molecule has 0 N–H and O–H groups in total. The topological polar surface area (TPSA) is 47.4 Å². The summed E-state index contributed by atoms with van der Waals surface area (Å²) in [4.78, 5) is 15.0. The normalized spacial score (nSPS) is 16.6. The van der Waals surface area contributed by atoms with E-state index in [4.69, 9.17) is 4.74 Å². The summed E-state index contributed by atoms with van der Waals surface area (Å²) in [6, 6.07) is 7.98. The number of rotatable bonds is 5. The zero-order valence-corrected chi connectivity index (χ0v) is 14.6. The third kappa shape index (κ3) is 3.78. The van der Waals surface area contributed by atoms with Gasteiger partial charge in [-0.15, -0.1) is 0 Å². The van der Waals surface area contributed by atoms with Gasteiger partial charge < -0.3 is 9.64 Å². The number of para-hydroxylation sites is 1. The second-order valence-corrected chi connectivity index (χ2v) is 6.95. The van der Waals surface area contributed by atoms with Gasteiger partial charge in [-0.25, -0.2) is 0 Å². The lowest BCUT2D eigenvalue weighted by molar-refractivity contribution is -0.138. The second kappa shape index (κ2) is 7.07. The highest BCUT2D eigenvalue weighted by Gasteiger charge is 2.30. The van der Waals surface area contributed by atoms with E-state index in [9.17, 15) is 4.79 Å². The average Bonchev–Trinajstić information content (AvgIpc) is 2.97. The number of aromatic nitrogens is 2. The van der Waals surface area contributed by atoms with Crippen molar-refractivity contribution >= 4 is 5.91 Å². The summed E-state index contributed by atoms with van der Waals surface area (Å²) in [6.07, 6.45) is 4.54. The summed E-state index contributed by atoms with van der Waals surface area (Å²) < 4.78 is 7.57. The number of nitrogens with zero attached hydrogens (tertiary/aromatic N) is 3. The molecule has 1 aliphatic heterocycles. The highest BCUT2D eigenvalue weighted by molar-refractivity contribution is 5.79. The molecule has 1 unspecified atom stereocenters. The first-order chi connectivity index (χ1) is 11.5. The van der Waals surface area contributed by atoms with Crippen molar-refractivity contribution in [2.75, 3.05) is 13.2 Å². The summed E-state index contributed by atoms with van der Waals surface area (Å²) in [7, 11) is 1.89. The minimum Gasteiger partial charge on any atom is -0.492 e. The maximum Gasteiger partial charge on any atom is 0.229 e. The van der Waals surface area contributed by atoms with Crippen LogP contribution in [0.4, 0.5) is 0 Å². The Hall–Kier alpha value is -2.30. The molecule has 1 aromatic heterocycles. The quantitative estimate of drug-likeness (QED) is 0.848. The highest BCUT2D eigenvalue weighted by Crippen LogP contribution is 2.28. The van der Waals surface area contributed by atoms with Gasteiger partial charge in [-0.2, -0.15) is 5.10 Å². The van der Waals surface area contributed by atoms with E-state index in [-0.39, 0.29) is 11.8 Å². The fourth-order valence-electron chi connectivity index (χ4n) is 3.19. The maximum absolute atomic E-state index is 13.1. The maximum atomic E-state index is 13.1. The number of fused-ring (bicyclic) bond motifs is 1. The Morgan fingerprint density at radius 1 is 1.42 bits per heavy atom. The Morgan fingerprint density at radius 3 is 2.92 bits per heavy atom. The molecule has 0 radical (unpaired) electrons. The van der Waals surface area contributed by atoms with Crippen LogP contribution in [0.2, 0.25) is 0 Å². The molecule has 1 atom stereocenters. The molecule has 0 saturated carbocycles. The Bertz CT molecular complexity index is 708. The summed E-state index contributed by atoms with van der Waals surface area (Å²) >= 11 is 0. The first kappa shape index (κ1) is 16.6. The zero-order chi connectivity index (χ0) is 17.1. The summed E-state index contributed by atoms with van der Waals surface area (Å²) in [6.45, 7) is 6.07. The molecule has 0 aliphatic carbocycles. The summed E-state index contributed by atoms with van der Waals surface area (Å²) in [5.41, 5.74) is 2.18. The molecule has 128 valence electrons. The van der Waals surface area contributed by atoms with E-state index in [1.54, 1.807) is 4.68 Å². The van der Waals surface area contributed by atoms with Crippen molar-refractivity contribution in [3.63, 3.8) is 0 Å². The highest BCUT2D eigenvalue weighted by atomic mass is 16.5. The minimum absolute atomic E-state index is 0.115. The van der Waals surface area contributed by atoms with Crippen LogP contribution >= 0.6 is 0 Å². The molecule has 2 aromatic rings. The number of hydrogen-bond acceptors (Lipinski definition) is 3. The van der Waals surface area contributed by atoms with Gasteiger partial charge >= 0.3 is 0 Å². The Balaban J connectivity index is 1.73. The SMILES string of the molecule is CC(C)CN(Cc1cnn(C)c1)C(=O)C1COc2ccccc2C1. The van der Waals surface area contributed by atoms with Crippen molar-refractivity contribution in [2.24, 2.45) is 18.9 Å². The van der Waals surface area contributed by atoms with E-state index in [0.29, 0.717) is 19.1 Å². The lowest BCUT2D eigenvalue weighted by Crippen LogP contribution is -2.42. The molecule has 5 heteroatoms. The molecule has 0 spiro atoms.